The summed E-state index contributed by atoms with van der Waals surface area (Å²) in [6.45, 7) is 15.3. The summed E-state index contributed by atoms with van der Waals surface area (Å²) < 4.78 is 9.55. The first-order valence-corrected chi connectivity index (χ1v) is 12.0. The summed E-state index contributed by atoms with van der Waals surface area (Å²) in [5.41, 5.74) is 4.40. The SMILES string of the molecule is CC(C)N1CCn2cncc2C1.COc1cccc(-c2cc3n(n2)CCCN(C(C)C)C3)n1. The van der Waals surface area contributed by atoms with Gasteiger partial charge in [-0.15, -0.1) is 0 Å². The lowest BCUT2D eigenvalue weighted by molar-refractivity contribution is 0.177. The minimum absolute atomic E-state index is 0.560. The van der Waals surface area contributed by atoms with Gasteiger partial charge in [0.05, 0.1) is 30.5 Å². The Balaban J connectivity index is 0.000000183. The molecule has 0 fully saturated rings. The zero-order valence-corrected chi connectivity index (χ0v) is 20.6. The van der Waals surface area contributed by atoms with Gasteiger partial charge in [-0.05, 0) is 46.2 Å². The van der Waals surface area contributed by atoms with Crippen molar-refractivity contribution < 1.29 is 4.74 Å². The van der Waals surface area contributed by atoms with Crippen molar-refractivity contribution in [1.82, 2.24) is 34.1 Å². The van der Waals surface area contributed by atoms with Crippen molar-refractivity contribution >= 4 is 0 Å². The van der Waals surface area contributed by atoms with Gasteiger partial charge in [-0.3, -0.25) is 14.5 Å². The standard InChI is InChI=1S/C16H22N4O.C9H15N3/c1-12(2)19-8-5-9-20-13(11-19)10-15(18-20)14-6-4-7-16(17-14)21-3;1-8(2)11-3-4-12-7-10-5-9(12)6-11/h4,6-7,10,12H,5,8-9,11H2,1-3H3;5,7-8H,3-4,6H2,1-2H3. The molecule has 0 spiro atoms. The average Bonchev–Trinajstić information content (AvgIpc) is 3.40. The van der Waals surface area contributed by atoms with Crippen LogP contribution < -0.4 is 4.74 Å². The van der Waals surface area contributed by atoms with E-state index in [1.165, 1.54) is 11.4 Å². The highest BCUT2D eigenvalue weighted by Crippen LogP contribution is 2.23. The number of imidazole rings is 1. The summed E-state index contributed by atoms with van der Waals surface area (Å²) in [6, 6.07) is 9.14. The van der Waals surface area contributed by atoms with Crippen LogP contribution in [0, 0.1) is 0 Å². The molecular formula is C25H37N7O. The molecule has 8 heteroatoms. The van der Waals surface area contributed by atoms with E-state index in [-0.39, 0.29) is 0 Å². The zero-order chi connectivity index (χ0) is 23.4. The maximum Gasteiger partial charge on any atom is 0.213 e. The highest BCUT2D eigenvalue weighted by molar-refractivity contribution is 5.55. The average molecular weight is 452 g/mol. The third-order valence-corrected chi connectivity index (χ3v) is 6.49. The first-order valence-electron chi connectivity index (χ1n) is 12.0. The molecule has 0 bridgehead atoms. The Morgan fingerprint density at radius 1 is 0.879 bits per heavy atom. The number of aryl methyl sites for hydroxylation is 1. The summed E-state index contributed by atoms with van der Waals surface area (Å²) in [5, 5.41) is 4.72. The maximum absolute atomic E-state index is 5.19. The first kappa shape index (κ1) is 23.4. The van der Waals surface area contributed by atoms with Crippen LogP contribution in [0.25, 0.3) is 11.4 Å². The molecule has 0 aliphatic carbocycles. The Kier molecular flexibility index (Phi) is 7.45. The van der Waals surface area contributed by atoms with Gasteiger partial charge in [-0.1, -0.05) is 6.07 Å². The van der Waals surface area contributed by atoms with E-state index >= 15 is 0 Å². The van der Waals surface area contributed by atoms with Crippen molar-refractivity contribution in [1.29, 1.82) is 0 Å². The van der Waals surface area contributed by atoms with Crippen molar-refractivity contribution in [3.8, 4) is 17.3 Å². The molecular weight excluding hydrogens is 414 g/mol. The Bertz CT molecular complexity index is 1040. The number of rotatable bonds is 4. The third-order valence-electron chi connectivity index (χ3n) is 6.49. The smallest absolute Gasteiger partial charge is 0.213 e. The van der Waals surface area contributed by atoms with Gasteiger partial charge in [0.1, 0.15) is 5.69 Å². The number of hydrogen-bond acceptors (Lipinski definition) is 6. The van der Waals surface area contributed by atoms with Crippen LogP contribution in [-0.2, 0) is 26.2 Å². The first-order chi connectivity index (χ1) is 15.9. The van der Waals surface area contributed by atoms with Crippen molar-refractivity contribution in [2.75, 3.05) is 20.2 Å². The lowest BCUT2D eigenvalue weighted by atomic mass is 10.2. The van der Waals surface area contributed by atoms with Crippen LogP contribution in [0.4, 0.5) is 0 Å². The van der Waals surface area contributed by atoms with Crippen molar-refractivity contribution in [2.45, 2.75) is 72.4 Å². The van der Waals surface area contributed by atoms with Crippen LogP contribution in [0.2, 0.25) is 0 Å². The van der Waals surface area contributed by atoms with E-state index in [1.54, 1.807) is 7.11 Å². The van der Waals surface area contributed by atoms with E-state index in [9.17, 15) is 0 Å². The zero-order valence-electron chi connectivity index (χ0n) is 20.6. The lowest BCUT2D eigenvalue weighted by Gasteiger charge is -2.31. The van der Waals surface area contributed by atoms with Gasteiger partial charge in [0.25, 0.3) is 0 Å². The summed E-state index contributed by atoms with van der Waals surface area (Å²) in [6.07, 6.45) is 5.03. The lowest BCUT2D eigenvalue weighted by Crippen LogP contribution is -2.37. The van der Waals surface area contributed by atoms with Gasteiger partial charge in [0, 0.05) is 63.6 Å². The molecule has 0 aromatic carbocycles. The Morgan fingerprint density at radius 2 is 1.64 bits per heavy atom. The molecule has 3 aromatic heterocycles. The van der Waals surface area contributed by atoms with Crippen LogP contribution in [0.1, 0.15) is 45.5 Å². The number of aromatic nitrogens is 5. The normalized spacial score (nSPS) is 16.7. The van der Waals surface area contributed by atoms with E-state index in [1.807, 2.05) is 30.7 Å². The highest BCUT2D eigenvalue weighted by Gasteiger charge is 2.19. The molecule has 33 heavy (non-hydrogen) atoms. The topological polar surface area (TPSA) is 64.2 Å². The number of fused-ring (bicyclic) bond motifs is 2. The Hall–Kier alpha value is -2.71. The van der Waals surface area contributed by atoms with Crippen molar-refractivity contribution in [2.24, 2.45) is 0 Å². The predicted octanol–water partition coefficient (Wildman–Crippen LogP) is 3.67. The number of hydrogen-bond donors (Lipinski definition) is 0. The fourth-order valence-corrected chi connectivity index (χ4v) is 4.37. The number of ether oxygens (including phenoxy) is 1. The van der Waals surface area contributed by atoms with Gasteiger partial charge in [0.2, 0.25) is 5.88 Å². The van der Waals surface area contributed by atoms with Gasteiger partial charge in [-0.2, -0.15) is 5.10 Å². The predicted molar refractivity (Wildman–Crippen MR) is 130 cm³/mol. The molecule has 0 N–H and O–H groups in total. The van der Waals surface area contributed by atoms with Gasteiger partial charge >= 0.3 is 0 Å². The number of pyridine rings is 1. The molecule has 0 radical (unpaired) electrons. The van der Waals surface area contributed by atoms with E-state index < -0.39 is 0 Å². The fraction of sp³-hybridized carbons (Fsp3) is 0.560. The largest absolute Gasteiger partial charge is 0.481 e. The minimum Gasteiger partial charge on any atom is -0.481 e. The van der Waals surface area contributed by atoms with Crippen LogP contribution in [0.3, 0.4) is 0 Å². The molecule has 2 aliphatic heterocycles. The quantitative estimate of drug-likeness (QED) is 0.603. The maximum atomic E-state index is 5.19. The Labute approximate surface area is 197 Å². The number of nitrogens with zero attached hydrogens (tertiary/aromatic N) is 7. The van der Waals surface area contributed by atoms with Crippen LogP contribution in [-0.4, -0.2) is 66.4 Å². The minimum atomic E-state index is 0.560. The molecule has 8 nitrogen and oxygen atoms in total. The molecule has 0 unspecified atom stereocenters. The van der Waals surface area contributed by atoms with Crippen molar-refractivity contribution in [3.63, 3.8) is 0 Å². The second-order valence-corrected chi connectivity index (χ2v) is 9.37. The van der Waals surface area contributed by atoms with E-state index in [4.69, 9.17) is 9.84 Å². The molecule has 5 rings (SSSR count). The third kappa shape index (κ3) is 5.62. The van der Waals surface area contributed by atoms with Gasteiger partial charge in [0.15, 0.2) is 0 Å². The monoisotopic (exact) mass is 451 g/mol. The second kappa shape index (κ2) is 10.5. The molecule has 178 valence electrons. The summed E-state index contributed by atoms with van der Waals surface area (Å²) in [5.74, 6) is 0.625. The molecule has 0 atom stereocenters. The summed E-state index contributed by atoms with van der Waals surface area (Å²) >= 11 is 0. The van der Waals surface area contributed by atoms with Crippen LogP contribution >= 0.6 is 0 Å². The molecule has 2 aliphatic rings. The fourth-order valence-electron chi connectivity index (χ4n) is 4.37. The Morgan fingerprint density at radius 3 is 2.39 bits per heavy atom. The molecule has 0 saturated heterocycles. The van der Waals surface area contributed by atoms with Gasteiger partial charge in [-0.25, -0.2) is 9.97 Å². The summed E-state index contributed by atoms with van der Waals surface area (Å²) in [7, 11) is 1.63. The molecule has 5 heterocycles. The van der Waals surface area contributed by atoms with Crippen LogP contribution in [0.15, 0.2) is 36.8 Å². The molecule has 0 saturated carbocycles. The van der Waals surface area contributed by atoms with E-state index in [2.05, 4.69) is 62.8 Å². The van der Waals surface area contributed by atoms with Crippen molar-refractivity contribution in [3.05, 3.63) is 48.2 Å². The van der Waals surface area contributed by atoms with E-state index in [0.29, 0.717) is 18.0 Å². The van der Waals surface area contributed by atoms with Gasteiger partial charge < -0.3 is 9.30 Å². The molecule has 3 aromatic rings. The second-order valence-electron chi connectivity index (χ2n) is 9.37. The summed E-state index contributed by atoms with van der Waals surface area (Å²) in [4.78, 5) is 13.6. The molecule has 0 amide bonds. The van der Waals surface area contributed by atoms with Crippen LogP contribution in [0.5, 0.6) is 5.88 Å². The number of methoxy groups -OCH3 is 1. The van der Waals surface area contributed by atoms with E-state index in [0.717, 1.165) is 57.1 Å². The highest BCUT2D eigenvalue weighted by atomic mass is 16.5.